The van der Waals surface area contributed by atoms with Crippen molar-refractivity contribution in [3.63, 3.8) is 0 Å². The van der Waals surface area contributed by atoms with Crippen LogP contribution >= 0.6 is 0 Å². The Morgan fingerprint density at radius 3 is 1.00 bits per heavy atom. The third-order valence-corrected chi connectivity index (χ3v) is 2.75. The van der Waals surface area contributed by atoms with Gasteiger partial charge in [-0.2, -0.15) is 0 Å². The summed E-state index contributed by atoms with van der Waals surface area (Å²) in [6.07, 6.45) is 0. The molecule has 0 spiro atoms. The molecule has 0 atom stereocenters. The molecular formula is C16H14KNO8. The van der Waals surface area contributed by atoms with E-state index >= 15 is 0 Å². The summed E-state index contributed by atoms with van der Waals surface area (Å²) in [6, 6.07) is 10.6. The van der Waals surface area contributed by atoms with Gasteiger partial charge in [0.1, 0.15) is 0 Å². The van der Waals surface area contributed by atoms with Gasteiger partial charge in [0, 0.05) is 11.1 Å². The molecule has 0 amide bonds. The molecule has 2 rings (SSSR count). The number of hydrogen-bond donors (Lipinski definition) is 3. The molecule has 0 saturated carbocycles. The minimum Gasteiger partial charge on any atom is -0.545 e. The second-order valence-electron chi connectivity index (χ2n) is 4.28. The van der Waals surface area contributed by atoms with Crippen LogP contribution in [0.15, 0.2) is 48.5 Å². The number of carbonyl (C=O) groups excluding carboxylic acids is 2. The fraction of sp³-hybridized carbons (Fsp3) is 0. The maximum absolute atomic E-state index is 10.4. The Kier molecular flexibility index (Phi) is 12.4. The molecule has 26 heavy (non-hydrogen) atoms. The maximum Gasteiger partial charge on any atom is 1.00 e. The first kappa shape index (κ1) is 26.1. The number of quaternary nitrogens is 1. The molecule has 0 aliphatic rings. The predicted molar refractivity (Wildman–Crippen MR) is 81.4 cm³/mol. The van der Waals surface area contributed by atoms with Crippen molar-refractivity contribution in [1.29, 1.82) is 0 Å². The fourth-order valence-electron chi connectivity index (χ4n) is 1.70. The van der Waals surface area contributed by atoms with Crippen LogP contribution in [0.2, 0.25) is 0 Å². The molecular weight excluding hydrogens is 373 g/mol. The van der Waals surface area contributed by atoms with Crippen LogP contribution in [0.4, 0.5) is 0 Å². The van der Waals surface area contributed by atoms with Crippen molar-refractivity contribution >= 4 is 23.9 Å². The molecule has 2 aromatic carbocycles. The molecule has 0 fully saturated rings. The van der Waals surface area contributed by atoms with Crippen LogP contribution in [0, 0.1) is 0 Å². The second-order valence-corrected chi connectivity index (χ2v) is 4.28. The standard InChI is InChI=1S/2C8H6O4.K.H3N/c2*9-7(10)5-3-1-2-4-6(5)8(11)12;;/h2*1-4H,(H,9,10)(H,11,12);;1H3/q;;+1;/p-1. The molecule has 0 heterocycles. The average Bonchev–Trinajstić information content (AvgIpc) is 2.55. The third-order valence-electron chi connectivity index (χ3n) is 2.75. The van der Waals surface area contributed by atoms with Crippen LogP contribution < -0.4 is 67.7 Å². The molecule has 2 aromatic rings. The Morgan fingerprint density at radius 1 is 0.615 bits per heavy atom. The average molecular weight is 387 g/mol. The second kappa shape index (κ2) is 12.3. The number of carboxylic acids is 4. The summed E-state index contributed by atoms with van der Waals surface area (Å²) in [5, 5.41) is 37.8. The Bertz CT molecular complexity index is 673. The van der Waals surface area contributed by atoms with Crippen molar-refractivity contribution in [3.8, 4) is 0 Å². The Labute approximate surface area is 190 Å². The maximum atomic E-state index is 10.4. The zero-order valence-corrected chi connectivity index (χ0v) is 17.1. The number of aromatic carboxylic acids is 4. The van der Waals surface area contributed by atoms with Crippen LogP contribution in [0.25, 0.3) is 0 Å². The summed E-state index contributed by atoms with van der Waals surface area (Å²) in [7, 11) is 0. The molecule has 0 aliphatic heterocycles. The van der Waals surface area contributed by atoms with E-state index in [0.717, 1.165) is 0 Å². The van der Waals surface area contributed by atoms with Crippen molar-refractivity contribution in [2.45, 2.75) is 0 Å². The van der Waals surface area contributed by atoms with Gasteiger partial charge in [0.05, 0.1) is 23.1 Å². The van der Waals surface area contributed by atoms with Crippen LogP contribution in [-0.2, 0) is 0 Å². The summed E-state index contributed by atoms with van der Waals surface area (Å²) < 4.78 is 0. The Hall–Kier alpha value is -2.08. The quantitative estimate of drug-likeness (QED) is 0.458. The molecule has 9 nitrogen and oxygen atoms in total. The Balaban J connectivity index is 0. The number of rotatable bonds is 4. The zero-order valence-electron chi connectivity index (χ0n) is 14.0. The van der Waals surface area contributed by atoms with E-state index in [0.29, 0.717) is 0 Å². The molecule has 10 heteroatoms. The van der Waals surface area contributed by atoms with E-state index in [1.165, 1.54) is 48.5 Å². The van der Waals surface area contributed by atoms with Gasteiger partial charge in [-0.15, -0.1) is 0 Å². The number of hydrogen-bond acceptors (Lipinski definition) is 6. The molecule has 6 N–H and O–H groups in total. The van der Waals surface area contributed by atoms with E-state index in [-0.39, 0.29) is 79.8 Å². The van der Waals surface area contributed by atoms with Crippen molar-refractivity contribution in [3.05, 3.63) is 70.8 Å². The first-order valence-electron chi connectivity index (χ1n) is 6.33. The third kappa shape index (κ3) is 7.43. The summed E-state index contributed by atoms with van der Waals surface area (Å²) in [5.74, 6) is -5.49. The zero-order chi connectivity index (χ0) is 18.3. The van der Waals surface area contributed by atoms with Crippen LogP contribution in [-0.4, -0.2) is 34.1 Å². The normalized spacial score (nSPS) is 8.62. The van der Waals surface area contributed by atoms with Gasteiger partial charge in [0.15, 0.2) is 0 Å². The van der Waals surface area contributed by atoms with Gasteiger partial charge in [-0.1, -0.05) is 36.4 Å². The van der Waals surface area contributed by atoms with Gasteiger partial charge in [-0.05, 0) is 12.1 Å². The van der Waals surface area contributed by atoms with Gasteiger partial charge in [0.2, 0.25) is 0 Å². The molecule has 0 aromatic heterocycles. The van der Waals surface area contributed by atoms with Crippen LogP contribution in [0.1, 0.15) is 41.4 Å². The molecule has 0 unspecified atom stereocenters. The number of carboxylic acid groups (broad SMARTS) is 4. The van der Waals surface area contributed by atoms with Crippen molar-refractivity contribution in [2.75, 3.05) is 0 Å². The van der Waals surface area contributed by atoms with E-state index in [1.807, 2.05) is 0 Å². The largest absolute Gasteiger partial charge is 1.00 e. The molecule has 0 radical (unpaired) electrons. The van der Waals surface area contributed by atoms with Gasteiger partial charge >= 0.3 is 63.3 Å². The van der Waals surface area contributed by atoms with E-state index in [1.54, 1.807) is 0 Å². The molecule has 0 saturated heterocycles. The molecule has 132 valence electrons. The summed E-state index contributed by atoms with van der Waals surface area (Å²) >= 11 is 0. The Morgan fingerprint density at radius 2 is 0.846 bits per heavy atom. The van der Waals surface area contributed by atoms with E-state index in [9.17, 15) is 29.4 Å². The van der Waals surface area contributed by atoms with Gasteiger partial charge in [0.25, 0.3) is 0 Å². The number of carbonyl (C=O) groups is 4. The van der Waals surface area contributed by atoms with Crippen molar-refractivity contribution in [1.82, 2.24) is 6.15 Å². The smallest absolute Gasteiger partial charge is 0.545 e. The number of benzene rings is 2. The molecule has 0 bridgehead atoms. The summed E-state index contributed by atoms with van der Waals surface area (Å²) in [6.45, 7) is 0. The van der Waals surface area contributed by atoms with E-state index in [2.05, 4.69) is 0 Å². The van der Waals surface area contributed by atoms with Gasteiger partial charge < -0.3 is 36.2 Å². The van der Waals surface area contributed by atoms with Crippen molar-refractivity contribution < 1.29 is 91.0 Å². The molecule has 0 aliphatic carbocycles. The topological polar surface area (TPSA) is 191 Å². The summed E-state index contributed by atoms with van der Waals surface area (Å²) in [5.41, 5.74) is -1.11. The van der Waals surface area contributed by atoms with Crippen molar-refractivity contribution in [2.24, 2.45) is 0 Å². The van der Waals surface area contributed by atoms with Crippen LogP contribution in [0.5, 0.6) is 0 Å². The van der Waals surface area contributed by atoms with E-state index < -0.39 is 23.9 Å². The monoisotopic (exact) mass is 387 g/mol. The summed E-state index contributed by atoms with van der Waals surface area (Å²) in [4.78, 5) is 41.6. The van der Waals surface area contributed by atoms with Crippen LogP contribution in [0.3, 0.4) is 0 Å². The van der Waals surface area contributed by atoms with E-state index in [4.69, 9.17) is 10.2 Å². The first-order chi connectivity index (χ1) is 11.3. The van der Waals surface area contributed by atoms with Gasteiger partial charge in [-0.25, -0.2) is 9.59 Å². The van der Waals surface area contributed by atoms with Gasteiger partial charge in [-0.3, -0.25) is 0 Å². The SMILES string of the molecule is O=C([O-])c1ccccc1C(=O)O.O=C([O-])c1ccccc1C(=O)O.[K+].[NH4+]. The first-order valence-corrected chi connectivity index (χ1v) is 6.33. The predicted octanol–water partition coefficient (Wildman–Crippen LogP) is -3.12. The fourth-order valence-corrected chi connectivity index (χ4v) is 1.70. The minimum atomic E-state index is -1.48. The minimum absolute atomic E-state index is 0.